The van der Waals surface area contributed by atoms with Crippen molar-refractivity contribution in [2.45, 2.75) is 32.7 Å². The molecular formula is C14H18BrFN2O2. The van der Waals surface area contributed by atoms with Gasteiger partial charge in [-0.05, 0) is 41.4 Å². The van der Waals surface area contributed by atoms with E-state index in [9.17, 15) is 14.0 Å². The molecule has 1 unspecified atom stereocenters. The number of halogens is 2. The van der Waals surface area contributed by atoms with Gasteiger partial charge in [0.15, 0.2) is 0 Å². The fourth-order valence-corrected chi connectivity index (χ4v) is 2.06. The molecule has 6 heteroatoms. The fourth-order valence-electron chi connectivity index (χ4n) is 1.54. The summed E-state index contributed by atoms with van der Waals surface area (Å²) in [7, 11) is 0. The standard InChI is InChI=1S/C14H18BrFN2O2/c1-3-9(2)18-12(19)7-8-17-14(20)13-10(15)5-4-6-11(13)16/h4-6,9H,3,7-8H2,1-2H3,(H,17,20)(H,18,19). The minimum Gasteiger partial charge on any atom is -0.354 e. The maximum atomic E-state index is 13.5. The molecule has 20 heavy (non-hydrogen) atoms. The monoisotopic (exact) mass is 344 g/mol. The molecule has 1 rings (SSSR count). The van der Waals surface area contributed by atoms with Crippen LogP contribution in [0.2, 0.25) is 0 Å². The van der Waals surface area contributed by atoms with E-state index in [0.29, 0.717) is 4.47 Å². The summed E-state index contributed by atoms with van der Waals surface area (Å²) >= 11 is 3.13. The second-order valence-corrected chi connectivity index (χ2v) is 5.33. The Labute approximate surface area is 126 Å². The Morgan fingerprint density at radius 1 is 1.40 bits per heavy atom. The zero-order chi connectivity index (χ0) is 15.1. The molecular weight excluding hydrogens is 327 g/mol. The van der Waals surface area contributed by atoms with Gasteiger partial charge >= 0.3 is 0 Å². The molecule has 1 atom stereocenters. The molecule has 0 saturated heterocycles. The van der Waals surface area contributed by atoms with Crippen LogP contribution in [0.25, 0.3) is 0 Å². The van der Waals surface area contributed by atoms with Gasteiger partial charge in [0.25, 0.3) is 5.91 Å². The van der Waals surface area contributed by atoms with E-state index in [2.05, 4.69) is 26.6 Å². The maximum Gasteiger partial charge on any atom is 0.255 e. The Bertz CT molecular complexity index is 474. The number of rotatable bonds is 6. The van der Waals surface area contributed by atoms with Crippen molar-refractivity contribution >= 4 is 27.7 Å². The van der Waals surface area contributed by atoms with Gasteiger partial charge < -0.3 is 10.6 Å². The van der Waals surface area contributed by atoms with Gasteiger partial charge in [-0.2, -0.15) is 0 Å². The van der Waals surface area contributed by atoms with E-state index in [0.717, 1.165) is 6.42 Å². The van der Waals surface area contributed by atoms with Gasteiger partial charge in [-0.1, -0.05) is 13.0 Å². The summed E-state index contributed by atoms with van der Waals surface area (Å²) in [5, 5.41) is 5.33. The van der Waals surface area contributed by atoms with Crippen LogP contribution in [0, 0.1) is 5.82 Å². The highest BCUT2D eigenvalue weighted by Gasteiger charge is 2.15. The highest BCUT2D eigenvalue weighted by Crippen LogP contribution is 2.19. The van der Waals surface area contributed by atoms with Crippen molar-refractivity contribution in [3.05, 3.63) is 34.1 Å². The third-order valence-corrected chi connectivity index (χ3v) is 3.51. The van der Waals surface area contributed by atoms with Crippen molar-refractivity contribution in [1.82, 2.24) is 10.6 Å². The number of benzene rings is 1. The van der Waals surface area contributed by atoms with Crippen LogP contribution in [0.5, 0.6) is 0 Å². The molecule has 0 aliphatic rings. The average molecular weight is 345 g/mol. The molecule has 4 nitrogen and oxygen atoms in total. The Morgan fingerprint density at radius 3 is 2.70 bits per heavy atom. The second kappa shape index (κ2) is 7.99. The van der Waals surface area contributed by atoms with Crippen molar-refractivity contribution in [3.63, 3.8) is 0 Å². The fraction of sp³-hybridized carbons (Fsp3) is 0.429. The highest BCUT2D eigenvalue weighted by molar-refractivity contribution is 9.10. The Balaban J connectivity index is 2.46. The Morgan fingerprint density at radius 2 is 2.10 bits per heavy atom. The first-order valence-electron chi connectivity index (χ1n) is 6.47. The Hall–Kier alpha value is -1.43. The van der Waals surface area contributed by atoms with Crippen molar-refractivity contribution in [1.29, 1.82) is 0 Å². The van der Waals surface area contributed by atoms with Crippen LogP contribution in [-0.4, -0.2) is 24.4 Å². The summed E-state index contributed by atoms with van der Waals surface area (Å²) in [4.78, 5) is 23.4. The summed E-state index contributed by atoms with van der Waals surface area (Å²) in [6, 6.07) is 4.43. The molecule has 0 heterocycles. The normalized spacial score (nSPS) is 11.8. The van der Waals surface area contributed by atoms with E-state index in [1.807, 2.05) is 13.8 Å². The van der Waals surface area contributed by atoms with Gasteiger partial charge in [0.2, 0.25) is 5.91 Å². The molecule has 0 radical (unpaired) electrons. The number of carbonyl (C=O) groups excluding carboxylic acids is 2. The van der Waals surface area contributed by atoms with Gasteiger partial charge in [-0.15, -0.1) is 0 Å². The first-order chi connectivity index (χ1) is 9.45. The van der Waals surface area contributed by atoms with Crippen LogP contribution in [0.3, 0.4) is 0 Å². The van der Waals surface area contributed by atoms with Crippen molar-refractivity contribution < 1.29 is 14.0 Å². The SMILES string of the molecule is CCC(C)NC(=O)CCNC(=O)c1c(F)cccc1Br. The second-order valence-electron chi connectivity index (χ2n) is 4.48. The molecule has 0 fully saturated rings. The molecule has 2 amide bonds. The van der Waals surface area contributed by atoms with E-state index < -0.39 is 11.7 Å². The maximum absolute atomic E-state index is 13.5. The number of amides is 2. The van der Waals surface area contributed by atoms with Gasteiger partial charge in [-0.25, -0.2) is 4.39 Å². The van der Waals surface area contributed by atoms with E-state index in [1.165, 1.54) is 12.1 Å². The highest BCUT2D eigenvalue weighted by atomic mass is 79.9. The van der Waals surface area contributed by atoms with Crippen LogP contribution in [0.1, 0.15) is 37.0 Å². The van der Waals surface area contributed by atoms with Crippen LogP contribution >= 0.6 is 15.9 Å². The molecule has 0 saturated carbocycles. The number of hydrogen-bond donors (Lipinski definition) is 2. The van der Waals surface area contributed by atoms with Crippen molar-refractivity contribution in [3.8, 4) is 0 Å². The largest absolute Gasteiger partial charge is 0.354 e. The third kappa shape index (κ3) is 4.92. The van der Waals surface area contributed by atoms with Gasteiger partial charge in [0.1, 0.15) is 5.82 Å². The van der Waals surface area contributed by atoms with Crippen LogP contribution in [0.15, 0.2) is 22.7 Å². The lowest BCUT2D eigenvalue weighted by Crippen LogP contribution is -2.35. The topological polar surface area (TPSA) is 58.2 Å². The molecule has 0 aromatic heterocycles. The van der Waals surface area contributed by atoms with E-state index in [-0.39, 0.29) is 30.5 Å². The van der Waals surface area contributed by atoms with Crippen molar-refractivity contribution in [2.75, 3.05) is 6.54 Å². The molecule has 0 bridgehead atoms. The Kier molecular flexibility index (Phi) is 6.64. The summed E-state index contributed by atoms with van der Waals surface area (Å²) in [6.07, 6.45) is 1.02. The summed E-state index contributed by atoms with van der Waals surface area (Å²) in [6.45, 7) is 4.05. The number of hydrogen-bond acceptors (Lipinski definition) is 2. The number of carbonyl (C=O) groups is 2. The quantitative estimate of drug-likeness (QED) is 0.833. The molecule has 0 spiro atoms. The van der Waals surface area contributed by atoms with Gasteiger partial charge in [0.05, 0.1) is 5.56 Å². The first-order valence-corrected chi connectivity index (χ1v) is 7.26. The molecule has 0 aliphatic heterocycles. The molecule has 0 aliphatic carbocycles. The van der Waals surface area contributed by atoms with E-state index in [4.69, 9.17) is 0 Å². The summed E-state index contributed by atoms with van der Waals surface area (Å²) in [5.74, 6) is -1.26. The smallest absolute Gasteiger partial charge is 0.255 e. The van der Waals surface area contributed by atoms with E-state index in [1.54, 1.807) is 6.07 Å². The third-order valence-electron chi connectivity index (χ3n) is 2.85. The minimum absolute atomic E-state index is 0.0464. The van der Waals surface area contributed by atoms with Gasteiger partial charge in [-0.3, -0.25) is 9.59 Å². The predicted molar refractivity (Wildman–Crippen MR) is 78.9 cm³/mol. The lowest BCUT2D eigenvalue weighted by molar-refractivity contribution is -0.121. The zero-order valence-corrected chi connectivity index (χ0v) is 13.1. The van der Waals surface area contributed by atoms with Gasteiger partial charge in [0, 0.05) is 23.5 Å². The molecule has 1 aromatic rings. The molecule has 1 aromatic carbocycles. The lowest BCUT2D eigenvalue weighted by atomic mass is 10.2. The molecule has 2 N–H and O–H groups in total. The summed E-state index contributed by atoms with van der Waals surface area (Å²) < 4.78 is 13.9. The summed E-state index contributed by atoms with van der Waals surface area (Å²) in [5.41, 5.74) is -0.0464. The lowest BCUT2D eigenvalue weighted by Gasteiger charge is -2.12. The van der Waals surface area contributed by atoms with Crippen LogP contribution in [-0.2, 0) is 4.79 Å². The predicted octanol–water partition coefficient (Wildman–Crippen LogP) is 2.62. The number of nitrogens with one attached hydrogen (secondary N) is 2. The van der Waals surface area contributed by atoms with E-state index >= 15 is 0 Å². The zero-order valence-electron chi connectivity index (χ0n) is 11.5. The first kappa shape index (κ1) is 16.6. The molecule has 110 valence electrons. The minimum atomic E-state index is -0.596. The van der Waals surface area contributed by atoms with Crippen LogP contribution in [0.4, 0.5) is 4.39 Å². The van der Waals surface area contributed by atoms with Crippen LogP contribution < -0.4 is 10.6 Å². The van der Waals surface area contributed by atoms with Crippen molar-refractivity contribution in [2.24, 2.45) is 0 Å². The average Bonchev–Trinajstić information content (AvgIpc) is 2.38.